The third-order valence-electron chi connectivity index (χ3n) is 0.773. The number of aryl methyl sites for hydroxylation is 1. The summed E-state index contributed by atoms with van der Waals surface area (Å²) in [7, 11) is 0. The van der Waals surface area contributed by atoms with Crippen molar-refractivity contribution in [3.05, 3.63) is 18.0 Å². The van der Waals surface area contributed by atoms with Crippen LogP contribution in [0.3, 0.4) is 0 Å². The second-order valence-corrected chi connectivity index (χ2v) is 1.48. The zero-order chi connectivity index (χ0) is 5.98. The molecular formula is C5H5N2NaO. The maximum Gasteiger partial charge on any atom is 1.00 e. The molecule has 3 nitrogen and oxygen atoms in total. The second kappa shape index (κ2) is 3.82. The number of rotatable bonds is 0. The van der Waals surface area contributed by atoms with E-state index in [1.165, 1.54) is 6.20 Å². The van der Waals surface area contributed by atoms with Gasteiger partial charge in [-0.15, -0.1) is 0 Å². The number of nitrogens with zero attached hydrogens (tertiary/aromatic N) is 2. The van der Waals surface area contributed by atoms with E-state index in [0.717, 1.165) is 0 Å². The van der Waals surface area contributed by atoms with Crippen LogP contribution in [0.5, 0.6) is 6.01 Å². The molecule has 1 aromatic heterocycles. The summed E-state index contributed by atoms with van der Waals surface area (Å²) in [6, 6.07) is 1.27. The van der Waals surface area contributed by atoms with Crippen molar-refractivity contribution in [1.29, 1.82) is 0 Å². The molecule has 0 atom stereocenters. The molecule has 0 amide bonds. The van der Waals surface area contributed by atoms with Crippen molar-refractivity contribution in [2.24, 2.45) is 0 Å². The third-order valence-corrected chi connectivity index (χ3v) is 0.773. The molecule has 42 valence electrons. The van der Waals surface area contributed by atoms with Crippen LogP contribution in [0.4, 0.5) is 0 Å². The molecule has 1 aromatic rings. The molecule has 0 saturated heterocycles. The summed E-state index contributed by atoms with van der Waals surface area (Å²) in [5.41, 5.74) is 0.713. The minimum atomic E-state index is -0.412. The predicted molar refractivity (Wildman–Crippen MR) is 26.2 cm³/mol. The van der Waals surface area contributed by atoms with Gasteiger partial charge < -0.3 is 5.11 Å². The fourth-order valence-corrected chi connectivity index (χ4v) is 0.426. The monoisotopic (exact) mass is 132 g/mol. The van der Waals surface area contributed by atoms with Gasteiger partial charge in [0, 0.05) is 11.9 Å². The minimum Gasteiger partial charge on any atom is -0.844 e. The van der Waals surface area contributed by atoms with Crippen molar-refractivity contribution in [2.45, 2.75) is 6.92 Å². The Hall–Kier alpha value is -0.120. The van der Waals surface area contributed by atoms with Gasteiger partial charge in [-0.1, -0.05) is 0 Å². The van der Waals surface area contributed by atoms with E-state index < -0.39 is 6.01 Å². The predicted octanol–water partition coefficient (Wildman–Crippen LogP) is -3.14. The molecule has 0 aliphatic heterocycles. The van der Waals surface area contributed by atoms with Gasteiger partial charge in [-0.05, 0) is 13.0 Å². The van der Waals surface area contributed by atoms with Crippen molar-refractivity contribution < 1.29 is 34.7 Å². The third kappa shape index (κ3) is 2.79. The molecule has 9 heavy (non-hydrogen) atoms. The van der Waals surface area contributed by atoms with Crippen LogP contribution in [-0.4, -0.2) is 9.97 Å². The van der Waals surface area contributed by atoms with E-state index in [4.69, 9.17) is 0 Å². The molecule has 0 unspecified atom stereocenters. The normalized spacial score (nSPS) is 8.11. The van der Waals surface area contributed by atoms with Crippen LogP contribution in [0.15, 0.2) is 12.3 Å². The van der Waals surface area contributed by atoms with Crippen molar-refractivity contribution in [3.8, 4) is 6.01 Å². The van der Waals surface area contributed by atoms with Crippen molar-refractivity contribution in [2.75, 3.05) is 0 Å². The molecule has 1 rings (SSSR count). The molecule has 0 aliphatic rings. The van der Waals surface area contributed by atoms with Crippen LogP contribution in [0.25, 0.3) is 0 Å². The van der Waals surface area contributed by atoms with E-state index in [1.807, 2.05) is 0 Å². The second-order valence-electron chi connectivity index (χ2n) is 1.48. The Balaban J connectivity index is 0.000000640. The van der Waals surface area contributed by atoms with Crippen molar-refractivity contribution in [1.82, 2.24) is 9.97 Å². The molecule has 0 bridgehead atoms. The van der Waals surface area contributed by atoms with Gasteiger partial charge >= 0.3 is 29.6 Å². The van der Waals surface area contributed by atoms with Crippen LogP contribution >= 0.6 is 0 Å². The number of hydrogen-bond acceptors (Lipinski definition) is 3. The van der Waals surface area contributed by atoms with E-state index in [0.29, 0.717) is 5.69 Å². The Labute approximate surface area is 75.4 Å². The summed E-state index contributed by atoms with van der Waals surface area (Å²) < 4.78 is 0. The van der Waals surface area contributed by atoms with E-state index in [2.05, 4.69) is 9.97 Å². The summed E-state index contributed by atoms with van der Waals surface area (Å²) in [4.78, 5) is 6.88. The Morgan fingerprint density at radius 2 is 2.22 bits per heavy atom. The molecule has 0 N–H and O–H groups in total. The first-order valence-electron chi connectivity index (χ1n) is 2.26. The van der Waals surface area contributed by atoms with Crippen LogP contribution in [0, 0.1) is 6.92 Å². The van der Waals surface area contributed by atoms with Crippen LogP contribution in [0.2, 0.25) is 0 Å². The molecule has 0 spiro atoms. The van der Waals surface area contributed by atoms with Crippen molar-refractivity contribution in [3.63, 3.8) is 0 Å². The Morgan fingerprint density at radius 1 is 1.56 bits per heavy atom. The maximum absolute atomic E-state index is 10.3. The van der Waals surface area contributed by atoms with Crippen LogP contribution < -0.4 is 34.7 Å². The van der Waals surface area contributed by atoms with Gasteiger partial charge in [0.25, 0.3) is 0 Å². The topological polar surface area (TPSA) is 48.8 Å². The minimum absolute atomic E-state index is 0. The zero-order valence-electron chi connectivity index (χ0n) is 5.46. The standard InChI is InChI=1S/C5H6N2O.Na/c1-4-2-3-6-5(8)7-4;/h2-3H,1H3,(H,6,7,8);/q;+1/p-1. The Morgan fingerprint density at radius 3 is 2.56 bits per heavy atom. The largest absolute Gasteiger partial charge is 1.00 e. The fourth-order valence-electron chi connectivity index (χ4n) is 0.426. The first-order valence-corrected chi connectivity index (χ1v) is 2.26. The molecule has 0 radical (unpaired) electrons. The average molecular weight is 132 g/mol. The summed E-state index contributed by atoms with van der Waals surface area (Å²) in [6.07, 6.45) is 1.45. The molecule has 0 aliphatic carbocycles. The summed E-state index contributed by atoms with van der Waals surface area (Å²) in [5, 5.41) is 10.3. The molecule has 1 heterocycles. The SMILES string of the molecule is Cc1ccnc([O-])n1.[Na+]. The molecule has 0 aromatic carbocycles. The molecule has 0 saturated carbocycles. The van der Waals surface area contributed by atoms with Gasteiger partial charge in [-0.25, -0.2) is 4.98 Å². The number of hydrogen-bond donors (Lipinski definition) is 0. The summed E-state index contributed by atoms with van der Waals surface area (Å²) in [5.74, 6) is 0. The van der Waals surface area contributed by atoms with Crippen molar-refractivity contribution >= 4 is 0 Å². The van der Waals surface area contributed by atoms with Gasteiger partial charge in [0.1, 0.15) is 0 Å². The van der Waals surface area contributed by atoms with E-state index >= 15 is 0 Å². The van der Waals surface area contributed by atoms with Gasteiger partial charge in [-0.3, -0.25) is 4.98 Å². The first-order chi connectivity index (χ1) is 3.79. The van der Waals surface area contributed by atoms with Gasteiger partial charge in [0.2, 0.25) is 0 Å². The van der Waals surface area contributed by atoms with Gasteiger partial charge in [0.15, 0.2) is 0 Å². The van der Waals surface area contributed by atoms with Crippen LogP contribution in [-0.2, 0) is 0 Å². The number of aromatic nitrogens is 2. The van der Waals surface area contributed by atoms with Crippen LogP contribution in [0.1, 0.15) is 5.69 Å². The summed E-state index contributed by atoms with van der Waals surface area (Å²) in [6.45, 7) is 1.75. The van der Waals surface area contributed by atoms with E-state index in [9.17, 15) is 5.11 Å². The zero-order valence-corrected chi connectivity index (χ0v) is 7.46. The maximum atomic E-state index is 10.3. The molecule has 4 heteroatoms. The van der Waals surface area contributed by atoms with E-state index in [-0.39, 0.29) is 29.6 Å². The smallest absolute Gasteiger partial charge is 0.844 e. The Kier molecular flexibility index (Phi) is 3.77. The molecular weight excluding hydrogens is 127 g/mol. The Bertz CT molecular complexity index is 175. The first kappa shape index (κ1) is 8.88. The van der Waals surface area contributed by atoms with Gasteiger partial charge in [0.05, 0.1) is 6.01 Å². The summed E-state index contributed by atoms with van der Waals surface area (Å²) >= 11 is 0. The molecule has 0 fully saturated rings. The fraction of sp³-hybridized carbons (Fsp3) is 0.200. The quantitative estimate of drug-likeness (QED) is 0.350. The average Bonchev–Trinajstić information content (AvgIpc) is 1.64. The van der Waals surface area contributed by atoms with Gasteiger partial charge in [-0.2, -0.15) is 0 Å². The van der Waals surface area contributed by atoms with E-state index in [1.54, 1.807) is 13.0 Å².